The van der Waals surface area contributed by atoms with Crippen LogP contribution in [0.25, 0.3) is 0 Å². The third kappa shape index (κ3) is 2.67. The number of hydrogen-bond acceptors (Lipinski definition) is 4. The van der Waals surface area contributed by atoms with Crippen LogP contribution in [0, 0.1) is 0 Å². The summed E-state index contributed by atoms with van der Waals surface area (Å²) in [5, 5.41) is 6.02. The topological polar surface area (TPSA) is 71.1 Å². The van der Waals surface area contributed by atoms with E-state index < -0.39 is 0 Å². The molecule has 1 unspecified atom stereocenters. The third-order valence-electron chi connectivity index (χ3n) is 3.54. The zero-order valence-electron chi connectivity index (χ0n) is 11.6. The first kappa shape index (κ1) is 13.8. The first-order valence-corrected chi connectivity index (χ1v) is 7.58. The van der Waals surface area contributed by atoms with Crippen molar-refractivity contribution in [1.82, 2.24) is 10.3 Å². The summed E-state index contributed by atoms with van der Waals surface area (Å²) in [5.41, 5.74) is 1.40. The molecule has 1 aliphatic carbocycles. The zero-order chi connectivity index (χ0) is 14.8. The highest BCUT2D eigenvalue weighted by Gasteiger charge is 2.32. The Hall–Kier alpha value is -2.21. The number of hydrogen-bond donors (Lipinski definition) is 2. The van der Waals surface area contributed by atoms with Gasteiger partial charge in [-0.3, -0.25) is 14.9 Å². The fourth-order valence-electron chi connectivity index (χ4n) is 2.47. The molecule has 21 heavy (non-hydrogen) atoms. The average Bonchev–Trinajstić information content (AvgIpc) is 3.07. The Kier molecular flexibility index (Phi) is 3.70. The summed E-state index contributed by atoms with van der Waals surface area (Å²) in [7, 11) is 1.63. The number of carbonyl (C=O) groups is 2. The number of benzene rings is 1. The van der Waals surface area contributed by atoms with Gasteiger partial charge >= 0.3 is 0 Å². The van der Waals surface area contributed by atoms with Crippen LogP contribution in [0.1, 0.15) is 33.3 Å². The molecule has 0 fully saturated rings. The Morgan fingerprint density at radius 2 is 2.05 bits per heavy atom. The number of fused-ring (bicyclic) bond motifs is 1. The van der Waals surface area contributed by atoms with Crippen LogP contribution in [0.5, 0.6) is 0 Å². The van der Waals surface area contributed by atoms with Crippen LogP contribution in [0.4, 0.5) is 5.13 Å². The fourth-order valence-corrected chi connectivity index (χ4v) is 3.50. The van der Waals surface area contributed by atoms with Gasteiger partial charge in [0.1, 0.15) is 0 Å². The van der Waals surface area contributed by atoms with Crippen molar-refractivity contribution < 1.29 is 9.59 Å². The second-order valence-electron chi connectivity index (χ2n) is 4.85. The highest BCUT2D eigenvalue weighted by Crippen LogP contribution is 2.38. The summed E-state index contributed by atoms with van der Waals surface area (Å²) in [5.74, 6) is -0.386. The molecule has 6 heteroatoms. The van der Waals surface area contributed by atoms with Gasteiger partial charge < -0.3 is 5.32 Å². The molecular weight excluding hydrogens is 286 g/mol. The highest BCUT2D eigenvalue weighted by molar-refractivity contribution is 7.16. The molecule has 1 atom stereocenters. The number of anilines is 1. The SMILES string of the molecule is CNC(=O)C1CCc2sc(NC(=O)c3ccccc3)nc21. The standard InChI is InChI=1S/C15H15N3O2S/c1-16-14(20)10-7-8-11-12(10)17-15(21-11)18-13(19)9-5-3-2-4-6-9/h2-6,10H,7-8H2,1H3,(H,16,20)(H,17,18,19). The predicted octanol–water partition coefficient (Wildman–Crippen LogP) is 2.17. The lowest BCUT2D eigenvalue weighted by Crippen LogP contribution is -2.24. The molecule has 0 aliphatic heterocycles. The van der Waals surface area contributed by atoms with Gasteiger partial charge in [-0.1, -0.05) is 18.2 Å². The largest absolute Gasteiger partial charge is 0.359 e. The van der Waals surface area contributed by atoms with Crippen molar-refractivity contribution >= 4 is 28.3 Å². The lowest BCUT2D eigenvalue weighted by Gasteiger charge is -2.06. The van der Waals surface area contributed by atoms with E-state index in [2.05, 4.69) is 15.6 Å². The number of thiazole rings is 1. The Labute approximate surface area is 126 Å². The number of carbonyl (C=O) groups excluding carboxylic acids is 2. The normalized spacial score (nSPS) is 16.3. The molecule has 0 spiro atoms. The van der Waals surface area contributed by atoms with Gasteiger partial charge in [0.05, 0.1) is 11.6 Å². The molecule has 0 saturated carbocycles. The van der Waals surface area contributed by atoms with Gasteiger partial charge in [0.15, 0.2) is 5.13 Å². The number of aromatic nitrogens is 1. The minimum Gasteiger partial charge on any atom is -0.359 e. The van der Waals surface area contributed by atoms with Gasteiger partial charge in [-0.25, -0.2) is 4.98 Å². The number of likely N-dealkylation sites (N-methyl/N-ethyl adjacent to an activating group) is 1. The van der Waals surface area contributed by atoms with Crippen molar-refractivity contribution in [2.45, 2.75) is 18.8 Å². The first-order valence-electron chi connectivity index (χ1n) is 6.76. The summed E-state index contributed by atoms with van der Waals surface area (Å²) in [4.78, 5) is 29.4. The minimum absolute atomic E-state index is 0.0139. The van der Waals surface area contributed by atoms with E-state index >= 15 is 0 Å². The molecular formula is C15H15N3O2S. The van der Waals surface area contributed by atoms with E-state index in [1.807, 2.05) is 18.2 Å². The van der Waals surface area contributed by atoms with Crippen LogP contribution in [0.3, 0.4) is 0 Å². The summed E-state index contributed by atoms with van der Waals surface area (Å²) in [6.07, 6.45) is 1.63. The van der Waals surface area contributed by atoms with E-state index in [9.17, 15) is 9.59 Å². The number of nitrogens with zero attached hydrogens (tertiary/aromatic N) is 1. The number of amides is 2. The van der Waals surface area contributed by atoms with E-state index in [4.69, 9.17) is 0 Å². The smallest absolute Gasteiger partial charge is 0.257 e. The maximum atomic E-state index is 12.1. The molecule has 2 aromatic rings. The van der Waals surface area contributed by atoms with Crippen molar-refractivity contribution in [2.75, 3.05) is 12.4 Å². The Morgan fingerprint density at radius 3 is 2.76 bits per heavy atom. The Morgan fingerprint density at radius 1 is 1.29 bits per heavy atom. The van der Waals surface area contributed by atoms with Crippen molar-refractivity contribution in [3.05, 3.63) is 46.5 Å². The lowest BCUT2D eigenvalue weighted by molar-refractivity contribution is -0.122. The molecule has 3 rings (SSSR count). The molecule has 0 radical (unpaired) electrons. The lowest BCUT2D eigenvalue weighted by atomic mass is 10.1. The van der Waals surface area contributed by atoms with Crippen LogP contribution >= 0.6 is 11.3 Å². The molecule has 1 aromatic carbocycles. The Balaban J connectivity index is 1.77. The maximum Gasteiger partial charge on any atom is 0.257 e. The fraction of sp³-hybridized carbons (Fsp3) is 0.267. The molecule has 0 saturated heterocycles. The van der Waals surface area contributed by atoms with Crippen molar-refractivity contribution in [3.63, 3.8) is 0 Å². The maximum absolute atomic E-state index is 12.1. The van der Waals surface area contributed by atoms with Crippen molar-refractivity contribution in [2.24, 2.45) is 0 Å². The van der Waals surface area contributed by atoms with E-state index in [0.29, 0.717) is 10.7 Å². The van der Waals surface area contributed by atoms with Crippen molar-refractivity contribution in [3.8, 4) is 0 Å². The number of nitrogens with one attached hydrogen (secondary N) is 2. The second-order valence-corrected chi connectivity index (χ2v) is 5.94. The second kappa shape index (κ2) is 5.65. The number of aryl methyl sites for hydroxylation is 1. The zero-order valence-corrected chi connectivity index (χ0v) is 12.4. The molecule has 2 N–H and O–H groups in total. The molecule has 5 nitrogen and oxygen atoms in total. The molecule has 108 valence electrons. The molecule has 0 bridgehead atoms. The van der Waals surface area contributed by atoms with Crippen molar-refractivity contribution in [1.29, 1.82) is 0 Å². The quantitative estimate of drug-likeness (QED) is 0.912. The minimum atomic E-state index is -0.191. The summed E-state index contributed by atoms with van der Waals surface area (Å²) in [6, 6.07) is 9.01. The summed E-state index contributed by atoms with van der Waals surface area (Å²) < 4.78 is 0. The third-order valence-corrected chi connectivity index (χ3v) is 4.58. The average molecular weight is 301 g/mol. The first-order chi connectivity index (χ1) is 10.2. The van der Waals surface area contributed by atoms with E-state index in [0.717, 1.165) is 23.4 Å². The van der Waals surface area contributed by atoms with Crippen LogP contribution in [-0.4, -0.2) is 23.8 Å². The predicted molar refractivity (Wildman–Crippen MR) is 81.6 cm³/mol. The van der Waals surface area contributed by atoms with Gasteiger partial charge in [0.2, 0.25) is 5.91 Å². The summed E-state index contributed by atoms with van der Waals surface area (Å²) >= 11 is 1.45. The molecule has 1 aliphatic rings. The van der Waals surface area contributed by atoms with E-state index in [1.54, 1.807) is 19.2 Å². The van der Waals surface area contributed by atoms with Gasteiger partial charge in [0, 0.05) is 17.5 Å². The van der Waals surface area contributed by atoms with E-state index in [1.165, 1.54) is 11.3 Å². The van der Waals surface area contributed by atoms with Crippen LogP contribution in [0.2, 0.25) is 0 Å². The van der Waals surface area contributed by atoms with Crippen LogP contribution < -0.4 is 10.6 Å². The molecule has 1 aromatic heterocycles. The van der Waals surface area contributed by atoms with E-state index in [-0.39, 0.29) is 17.7 Å². The van der Waals surface area contributed by atoms with Gasteiger partial charge in [0.25, 0.3) is 5.91 Å². The van der Waals surface area contributed by atoms with Gasteiger partial charge in [-0.15, -0.1) is 11.3 Å². The van der Waals surface area contributed by atoms with Gasteiger partial charge in [-0.2, -0.15) is 0 Å². The Bertz CT molecular complexity index is 681. The molecule has 2 amide bonds. The van der Waals surface area contributed by atoms with Gasteiger partial charge in [-0.05, 0) is 25.0 Å². The number of rotatable bonds is 3. The molecule has 1 heterocycles. The highest BCUT2D eigenvalue weighted by atomic mass is 32.1. The van der Waals surface area contributed by atoms with Crippen LogP contribution in [-0.2, 0) is 11.2 Å². The van der Waals surface area contributed by atoms with Crippen LogP contribution in [0.15, 0.2) is 30.3 Å². The monoisotopic (exact) mass is 301 g/mol. The summed E-state index contributed by atoms with van der Waals surface area (Å²) in [6.45, 7) is 0.